The topological polar surface area (TPSA) is 85.7 Å². The molecule has 0 bridgehead atoms. The lowest BCUT2D eigenvalue weighted by Crippen LogP contribution is -2.42. The van der Waals surface area contributed by atoms with Crippen LogP contribution in [0.3, 0.4) is 0 Å². The summed E-state index contributed by atoms with van der Waals surface area (Å²) >= 11 is 0. The van der Waals surface area contributed by atoms with E-state index in [1.54, 1.807) is 12.0 Å². The van der Waals surface area contributed by atoms with Crippen molar-refractivity contribution in [2.45, 2.75) is 32.2 Å². The summed E-state index contributed by atoms with van der Waals surface area (Å²) in [6.45, 7) is 4.11. The first-order valence-corrected chi connectivity index (χ1v) is 8.96. The fourth-order valence-corrected chi connectivity index (χ4v) is 3.30. The molecule has 3 rings (SSSR count). The lowest BCUT2D eigenvalue weighted by atomic mass is 10.1. The van der Waals surface area contributed by atoms with E-state index in [1.807, 2.05) is 4.57 Å². The second-order valence-electron chi connectivity index (χ2n) is 6.35. The van der Waals surface area contributed by atoms with Gasteiger partial charge >= 0.3 is 0 Å². The standard InChI is InChI=1S/C17H26N4O4/c1-24-10-4-6-18-16(22)14-13-5-2-3-7-21(13)15(19-14)17(23)20-8-11-25-12-9-20/h2-12H2,1H3,(H,18,22). The summed E-state index contributed by atoms with van der Waals surface area (Å²) in [7, 11) is 1.64. The highest BCUT2D eigenvalue weighted by Crippen LogP contribution is 2.22. The Kier molecular flexibility index (Phi) is 6.04. The van der Waals surface area contributed by atoms with Gasteiger partial charge in [-0.05, 0) is 25.7 Å². The Morgan fingerprint density at radius 1 is 1.24 bits per heavy atom. The number of imidazole rings is 1. The number of fused-ring (bicyclic) bond motifs is 1. The summed E-state index contributed by atoms with van der Waals surface area (Å²) < 4.78 is 12.2. The second-order valence-corrected chi connectivity index (χ2v) is 6.35. The quantitative estimate of drug-likeness (QED) is 0.753. The molecule has 0 spiro atoms. The maximum Gasteiger partial charge on any atom is 0.290 e. The summed E-state index contributed by atoms with van der Waals surface area (Å²) in [5.41, 5.74) is 1.28. The van der Waals surface area contributed by atoms with Gasteiger partial charge < -0.3 is 24.3 Å². The first kappa shape index (κ1) is 17.9. The summed E-state index contributed by atoms with van der Waals surface area (Å²) in [6.07, 6.45) is 3.55. The molecule has 1 fully saturated rings. The van der Waals surface area contributed by atoms with E-state index in [-0.39, 0.29) is 11.8 Å². The molecular weight excluding hydrogens is 324 g/mol. The number of rotatable bonds is 6. The van der Waals surface area contributed by atoms with E-state index in [0.29, 0.717) is 51.0 Å². The van der Waals surface area contributed by atoms with E-state index in [9.17, 15) is 9.59 Å². The van der Waals surface area contributed by atoms with Crippen molar-refractivity contribution < 1.29 is 19.1 Å². The summed E-state index contributed by atoms with van der Waals surface area (Å²) in [5, 5.41) is 2.88. The van der Waals surface area contributed by atoms with Crippen LogP contribution >= 0.6 is 0 Å². The van der Waals surface area contributed by atoms with Crippen LogP contribution in [0.4, 0.5) is 0 Å². The van der Waals surface area contributed by atoms with E-state index in [4.69, 9.17) is 9.47 Å². The monoisotopic (exact) mass is 350 g/mol. The van der Waals surface area contributed by atoms with Crippen LogP contribution in [0.1, 0.15) is 46.1 Å². The minimum Gasteiger partial charge on any atom is -0.385 e. The molecule has 1 aromatic rings. The summed E-state index contributed by atoms with van der Waals surface area (Å²) in [5.74, 6) is 0.0753. The van der Waals surface area contributed by atoms with E-state index in [0.717, 1.165) is 37.9 Å². The predicted molar refractivity (Wildman–Crippen MR) is 90.7 cm³/mol. The fourth-order valence-electron chi connectivity index (χ4n) is 3.30. The predicted octanol–water partition coefficient (Wildman–Crippen LogP) is 0.458. The first-order chi connectivity index (χ1) is 12.2. The van der Waals surface area contributed by atoms with Crippen molar-refractivity contribution in [3.8, 4) is 0 Å². The lowest BCUT2D eigenvalue weighted by molar-refractivity contribution is 0.0291. The summed E-state index contributed by atoms with van der Waals surface area (Å²) in [4.78, 5) is 31.6. The third kappa shape index (κ3) is 4.01. The zero-order valence-corrected chi connectivity index (χ0v) is 14.8. The highest BCUT2D eigenvalue weighted by Gasteiger charge is 2.30. The Morgan fingerprint density at radius 3 is 2.80 bits per heavy atom. The zero-order chi connectivity index (χ0) is 17.6. The molecule has 0 unspecified atom stereocenters. The Hall–Kier alpha value is -1.93. The van der Waals surface area contributed by atoms with Gasteiger partial charge in [-0.25, -0.2) is 4.98 Å². The number of methoxy groups -OCH3 is 1. The molecular formula is C17H26N4O4. The number of carbonyl (C=O) groups excluding carboxylic acids is 2. The molecule has 138 valence electrons. The van der Waals surface area contributed by atoms with Crippen LogP contribution in [0, 0.1) is 0 Å². The molecule has 0 atom stereocenters. The first-order valence-electron chi connectivity index (χ1n) is 8.96. The van der Waals surface area contributed by atoms with Crippen molar-refractivity contribution in [2.24, 2.45) is 0 Å². The number of nitrogens with one attached hydrogen (secondary N) is 1. The molecule has 0 saturated carbocycles. The Balaban J connectivity index is 1.78. The maximum absolute atomic E-state index is 12.8. The van der Waals surface area contributed by atoms with Crippen LogP contribution in [-0.2, 0) is 22.4 Å². The summed E-state index contributed by atoms with van der Waals surface area (Å²) in [6, 6.07) is 0. The molecule has 2 aliphatic rings. The molecule has 2 aliphatic heterocycles. The van der Waals surface area contributed by atoms with Crippen molar-refractivity contribution in [3.05, 3.63) is 17.2 Å². The maximum atomic E-state index is 12.8. The average molecular weight is 350 g/mol. The number of amides is 2. The van der Waals surface area contributed by atoms with Gasteiger partial charge in [0.25, 0.3) is 11.8 Å². The van der Waals surface area contributed by atoms with Gasteiger partial charge in [0.2, 0.25) is 0 Å². The van der Waals surface area contributed by atoms with E-state index in [1.165, 1.54) is 0 Å². The van der Waals surface area contributed by atoms with E-state index >= 15 is 0 Å². The van der Waals surface area contributed by atoms with Gasteiger partial charge in [0, 0.05) is 39.9 Å². The zero-order valence-electron chi connectivity index (χ0n) is 14.8. The van der Waals surface area contributed by atoms with E-state index < -0.39 is 0 Å². The molecule has 2 amide bonds. The lowest BCUT2D eigenvalue weighted by Gasteiger charge is -2.27. The number of morpholine rings is 1. The normalized spacial score (nSPS) is 17.2. The Morgan fingerprint density at radius 2 is 2.04 bits per heavy atom. The van der Waals surface area contributed by atoms with Crippen molar-refractivity contribution in [1.29, 1.82) is 0 Å². The van der Waals surface area contributed by atoms with Crippen molar-refractivity contribution in [3.63, 3.8) is 0 Å². The number of hydrogen-bond acceptors (Lipinski definition) is 5. The van der Waals surface area contributed by atoms with Crippen LogP contribution in [0.2, 0.25) is 0 Å². The average Bonchev–Trinajstić information content (AvgIpc) is 3.05. The number of ether oxygens (including phenoxy) is 2. The third-order valence-electron chi connectivity index (χ3n) is 4.63. The van der Waals surface area contributed by atoms with Gasteiger partial charge in [0.15, 0.2) is 5.82 Å². The molecule has 1 aromatic heterocycles. The molecule has 0 radical (unpaired) electrons. The second kappa shape index (κ2) is 8.44. The van der Waals surface area contributed by atoms with Crippen LogP contribution in [0.5, 0.6) is 0 Å². The highest BCUT2D eigenvalue weighted by atomic mass is 16.5. The van der Waals surface area contributed by atoms with Crippen LogP contribution in [0.25, 0.3) is 0 Å². The van der Waals surface area contributed by atoms with Crippen LogP contribution in [-0.4, -0.2) is 72.8 Å². The van der Waals surface area contributed by atoms with Crippen LogP contribution < -0.4 is 5.32 Å². The van der Waals surface area contributed by atoms with Gasteiger partial charge in [0.05, 0.1) is 18.9 Å². The number of carbonyl (C=O) groups is 2. The largest absolute Gasteiger partial charge is 0.385 e. The number of hydrogen-bond donors (Lipinski definition) is 1. The van der Waals surface area contributed by atoms with Gasteiger partial charge in [-0.15, -0.1) is 0 Å². The Labute approximate surface area is 147 Å². The van der Waals surface area contributed by atoms with Crippen molar-refractivity contribution in [1.82, 2.24) is 19.8 Å². The minimum atomic E-state index is -0.206. The molecule has 8 nitrogen and oxygen atoms in total. The minimum absolute atomic E-state index is 0.107. The Bertz CT molecular complexity index is 622. The van der Waals surface area contributed by atoms with Gasteiger partial charge in [-0.1, -0.05) is 0 Å². The molecule has 0 aliphatic carbocycles. The van der Waals surface area contributed by atoms with Crippen LogP contribution in [0.15, 0.2) is 0 Å². The molecule has 8 heteroatoms. The van der Waals surface area contributed by atoms with E-state index in [2.05, 4.69) is 10.3 Å². The molecule has 3 heterocycles. The van der Waals surface area contributed by atoms with Gasteiger partial charge in [0.1, 0.15) is 5.69 Å². The molecule has 0 aromatic carbocycles. The smallest absolute Gasteiger partial charge is 0.290 e. The highest BCUT2D eigenvalue weighted by molar-refractivity contribution is 5.97. The van der Waals surface area contributed by atoms with Crippen molar-refractivity contribution >= 4 is 11.8 Å². The third-order valence-corrected chi connectivity index (χ3v) is 4.63. The molecule has 1 N–H and O–H groups in total. The molecule has 1 saturated heterocycles. The number of aromatic nitrogens is 2. The fraction of sp³-hybridized carbons (Fsp3) is 0.706. The van der Waals surface area contributed by atoms with Gasteiger partial charge in [-0.3, -0.25) is 9.59 Å². The molecule has 25 heavy (non-hydrogen) atoms. The number of nitrogens with zero attached hydrogens (tertiary/aromatic N) is 3. The SMILES string of the molecule is COCCCNC(=O)c1nc(C(=O)N2CCOCC2)n2c1CCCC2. The van der Waals surface area contributed by atoms with Gasteiger partial charge in [-0.2, -0.15) is 0 Å². The van der Waals surface area contributed by atoms with Crippen molar-refractivity contribution in [2.75, 3.05) is 46.6 Å².